The van der Waals surface area contributed by atoms with Gasteiger partial charge in [0.2, 0.25) is 0 Å². The van der Waals surface area contributed by atoms with Crippen LogP contribution in [0.15, 0.2) is 0 Å². The summed E-state index contributed by atoms with van der Waals surface area (Å²) in [6.07, 6.45) is 7.71. The van der Waals surface area contributed by atoms with E-state index < -0.39 is 0 Å². The molecule has 0 aliphatic heterocycles. The smallest absolute Gasteiger partial charge is 0.0488 e. The average Bonchev–Trinajstić information content (AvgIpc) is 2.38. The topological polar surface area (TPSA) is 9.23 Å². The van der Waals surface area contributed by atoms with Crippen LogP contribution in [0.4, 0.5) is 0 Å². The molecule has 0 amide bonds. The van der Waals surface area contributed by atoms with Gasteiger partial charge in [-0.2, -0.15) is 0 Å². The third-order valence-corrected chi connectivity index (χ3v) is 3.73. The molecule has 2 unspecified atom stereocenters. The predicted octanol–water partition coefficient (Wildman–Crippen LogP) is 4.24. The van der Waals surface area contributed by atoms with Crippen LogP contribution >= 0.6 is 11.6 Å². The highest BCUT2D eigenvalue weighted by Gasteiger charge is 2.21. The van der Waals surface area contributed by atoms with E-state index in [9.17, 15) is 0 Å². The molecule has 0 aromatic heterocycles. The SMILES string of the molecule is CC(C)COCCC1CCCCCC1Cl. The Morgan fingerprint density at radius 2 is 1.93 bits per heavy atom. The standard InChI is InChI=1S/C13H25ClO/c1-11(2)10-15-9-8-12-6-4-3-5-7-13(12)14/h11-13H,3-10H2,1-2H3. The van der Waals surface area contributed by atoms with Gasteiger partial charge >= 0.3 is 0 Å². The molecular formula is C13H25ClO. The highest BCUT2D eigenvalue weighted by molar-refractivity contribution is 6.20. The summed E-state index contributed by atoms with van der Waals surface area (Å²) < 4.78 is 5.63. The van der Waals surface area contributed by atoms with E-state index in [0.717, 1.165) is 19.6 Å². The first-order valence-corrected chi connectivity index (χ1v) is 6.85. The summed E-state index contributed by atoms with van der Waals surface area (Å²) in [7, 11) is 0. The van der Waals surface area contributed by atoms with Crippen molar-refractivity contribution >= 4 is 11.6 Å². The van der Waals surface area contributed by atoms with Crippen LogP contribution in [-0.2, 0) is 4.74 Å². The molecule has 1 saturated carbocycles. The summed E-state index contributed by atoms with van der Waals surface area (Å²) in [6, 6.07) is 0. The predicted molar refractivity (Wildman–Crippen MR) is 66.5 cm³/mol. The van der Waals surface area contributed by atoms with Gasteiger partial charge in [0.15, 0.2) is 0 Å². The Morgan fingerprint density at radius 3 is 2.67 bits per heavy atom. The summed E-state index contributed by atoms with van der Waals surface area (Å²) in [5.41, 5.74) is 0. The molecule has 0 spiro atoms. The molecule has 0 bridgehead atoms. The van der Waals surface area contributed by atoms with Crippen LogP contribution in [0.3, 0.4) is 0 Å². The van der Waals surface area contributed by atoms with Crippen LogP contribution in [0.2, 0.25) is 0 Å². The van der Waals surface area contributed by atoms with Crippen molar-refractivity contribution in [2.24, 2.45) is 11.8 Å². The fourth-order valence-electron chi connectivity index (χ4n) is 2.22. The van der Waals surface area contributed by atoms with Gasteiger partial charge in [-0.05, 0) is 31.1 Å². The lowest BCUT2D eigenvalue weighted by molar-refractivity contribution is 0.0964. The molecule has 2 atom stereocenters. The van der Waals surface area contributed by atoms with Crippen molar-refractivity contribution in [1.29, 1.82) is 0 Å². The minimum Gasteiger partial charge on any atom is -0.381 e. The minimum absolute atomic E-state index is 0.398. The van der Waals surface area contributed by atoms with Crippen LogP contribution in [-0.4, -0.2) is 18.6 Å². The average molecular weight is 233 g/mol. The lowest BCUT2D eigenvalue weighted by Gasteiger charge is -2.19. The summed E-state index contributed by atoms with van der Waals surface area (Å²) in [5, 5.41) is 0.398. The van der Waals surface area contributed by atoms with Crippen molar-refractivity contribution < 1.29 is 4.74 Å². The third kappa shape index (κ3) is 5.77. The molecule has 0 heterocycles. The van der Waals surface area contributed by atoms with Gasteiger partial charge in [-0.3, -0.25) is 0 Å². The summed E-state index contributed by atoms with van der Waals surface area (Å²) >= 11 is 6.37. The van der Waals surface area contributed by atoms with E-state index in [4.69, 9.17) is 16.3 Å². The number of rotatable bonds is 5. The molecule has 0 aromatic rings. The second-order valence-corrected chi connectivity index (χ2v) is 5.73. The van der Waals surface area contributed by atoms with Crippen LogP contribution in [0, 0.1) is 11.8 Å². The number of ether oxygens (including phenoxy) is 1. The molecule has 1 fully saturated rings. The van der Waals surface area contributed by atoms with Gasteiger partial charge in [0.25, 0.3) is 0 Å². The van der Waals surface area contributed by atoms with Gasteiger partial charge in [0.05, 0.1) is 0 Å². The monoisotopic (exact) mass is 232 g/mol. The fraction of sp³-hybridized carbons (Fsp3) is 1.00. The van der Waals surface area contributed by atoms with Crippen LogP contribution in [0.5, 0.6) is 0 Å². The van der Waals surface area contributed by atoms with E-state index in [2.05, 4.69) is 13.8 Å². The van der Waals surface area contributed by atoms with Crippen molar-refractivity contribution in [2.75, 3.05) is 13.2 Å². The molecule has 15 heavy (non-hydrogen) atoms. The first-order valence-electron chi connectivity index (χ1n) is 6.42. The molecule has 0 radical (unpaired) electrons. The maximum Gasteiger partial charge on any atom is 0.0488 e. The number of alkyl halides is 1. The van der Waals surface area contributed by atoms with E-state index >= 15 is 0 Å². The lowest BCUT2D eigenvalue weighted by atomic mass is 9.96. The molecule has 0 aromatic carbocycles. The number of hydrogen-bond donors (Lipinski definition) is 0. The van der Waals surface area contributed by atoms with Gasteiger partial charge in [-0.1, -0.05) is 33.1 Å². The Labute approximate surface area is 99.5 Å². The van der Waals surface area contributed by atoms with Crippen LogP contribution in [0.25, 0.3) is 0 Å². The molecule has 1 aliphatic carbocycles. The lowest BCUT2D eigenvalue weighted by Crippen LogP contribution is -2.16. The highest BCUT2D eigenvalue weighted by atomic mass is 35.5. The molecule has 1 nitrogen and oxygen atoms in total. The molecule has 0 saturated heterocycles. The Balaban J connectivity index is 2.12. The Bertz CT molecular complexity index is 159. The first kappa shape index (κ1) is 13.3. The molecule has 2 heteroatoms. The molecule has 0 N–H and O–H groups in total. The van der Waals surface area contributed by atoms with Gasteiger partial charge in [0, 0.05) is 18.6 Å². The second-order valence-electron chi connectivity index (χ2n) is 5.17. The molecule has 1 rings (SSSR count). The summed E-state index contributed by atoms with van der Waals surface area (Å²) in [4.78, 5) is 0. The maximum atomic E-state index is 6.37. The molecular weight excluding hydrogens is 208 g/mol. The molecule has 90 valence electrons. The van der Waals surface area contributed by atoms with Crippen molar-refractivity contribution in [3.8, 4) is 0 Å². The van der Waals surface area contributed by atoms with Crippen molar-refractivity contribution in [3.63, 3.8) is 0 Å². The quantitative estimate of drug-likeness (QED) is 0.392. The zero-order valence-electron chi connectivity index (χ0n) is 10.2. The van der Waals surface area contributed by atoms with Gasteiger partial charge in [-0.25, -0.2) is 0 Å². The van der Waals surface area contributed by atoms with Crippen LogP contribution in [0.1, 0.15) is 52.4 Å². The Hall–Kier alpha value is 0.250. The van der Waals surface area contributed by atoms with E-state index in [1.54, 1.807) is 0 Å². The summed E-state index contributed by atoms with van der Waals surface area (Å²) in [5.74, 6) is 1.34. The third-order valence-electron chi connectivity index (χ3n) is 3.15. The summed E-state index contributed by atoms with van der Waals surface area (Å²) in [6.45, 7) is 6.16. The maximum absolute atomic E-state index is 6.37. The normalized spacial score (nSPS) is 28.0. The number of hydrogen-bond acceptors (Lipinski definition) is 1. The van der Waals surface area contributed by atoms with E-state index in [-0.39, 0.29) is 0 Å². The molecule has 1 aliphatic rings. The Morgan fingerprint density at radius 1 is 1.20 bits per heavy atom. The van der Waals surface area contributed by atoms with Crippen molar-refractivity contribution in [3.05, 3.63) is 0 Å². The van der Waals surface area contributed by atoms with E-state index in [0.29, 0.717) is 17.2 Å². The van der Waals surface area contributed by atoms with Gasteiger partial charge in [-0.15, -0.1) is 11.6 Å². The van der Waals surface area contributed by atoms with Crippen LogP contribution < -0.4 is 0 Å². The second kappa shape index (κ2) is 7.51. The Kier molecular flexibility index (Phi) is 6.67. The van der Waals surface area contributed by atoms with E-state index in [1.807, 2.05) is 0 Å². The van der Waals surface area contributed by atoms with E-state index in [1.165, 1.54) is 32.1 Å². The van der Waals surface area contributed by atoms with Crippen molar-refractivity contribution in [2.45, 2.75) is 57.7 Å². The first-order chi connectivity index (χ1) is 7.20. The highest BCUT2D eigenvalue weighted by Crippen LogP contribution is 2.29. The fourth-order valence-corrected chi connectivity index (χ4v) is 2.62. The minimum atomic E-state index is 0.398. The number of halogens is 1. The zero-order chi connectivity index (χ0) is 11.1. The van der Waals surface area contributed by atoms with Crippen molar-refractivity contribution in [1.82, 2.24) is 0 Å². The zero-order valence-corrected chi connectivity index (χ0v) is 10.9. The van der Waals surface area contributed by atoms with Gasteiger partial charge < -0.3 is 4.74 Å². The largest absolute Gasteiger partial charge is 0.381 e. The van der Waals surface area contributed by atoms with Gasteiger partial charge in [0.1, 0.15) is 0 Å².